The van der Waals surface area contributed by atoms with E-state index in [9.17, 15) is 0 Å². The number of hydrogen-bond acceptors (Lipinski definition) is 2. The van der Waals surface area contributed by atoms with E-state index in [1.54, 1.807) is 0 Å². The Hall–Kier alpha value is -2.93. The van der Waals surface area contributed by atoms with E-state index < -0.39 is 16.1 Å². The summed E-state index contributed by atoms with van der Waals surface area (Å²) in [5.74, 6) is 7.61. The second kappa shape index (κ2) is 12.4. The van der Waals surface area contributed by atoms with Gasteiger partial charge in [-0.15, -0.1) is 11.1 Å². The Balaban J connectivity index is 2.20. The molecule has 0 aliphatic carbocycles. The molecule has 1 heterocycles. The lowest BCUT2D eigenvalue weighted by Gasteiger charge is -2.38. The first kappa shape index (κ1) is 32.0. The third kappa shape index (κ3) is 5.34. The fraction of sp³-hybridized carbons (Fsp3) is 0.474. The van der Waals surface area contributed by atoms with Crippen molar-refractivity contribution in [2.45, 2.75) is 116 Å². The second-order valence-corrected chi connectivity index (χ2v) is 25.2. The van der Waals surface area contributed by atoms with Gasteiger partial charge in [0.15, 0.2) is 0 Å². The summed E-state index contributed by atoms with van der Waals surface area (Å²) >= 11 is 0. The van der Waals surface area contributed by atoms with Crippen LogP contribution in [-0.2, 0) is 0 Å². The molecule has 4 heteroatoms. The van der Waals surface area contributed by atoms with Crippen LogP contribution in [0.1, 0.15) is 94.2 Å². The smallest absolute Gasteiger partial charge is 0.146 e. The van der Waals surface area contributed by atoms with Crippen LogP contribution in [-0.4, -0.2) is 26.1 Å². The summed E-state index contributed by atoms with van der Waals surface area (Å²) in [4.78, 5) is 10.5. The molecular weight excluding hydrogens is 541 g/mol. The van der Waals surface area contributed by atoms with E-state index in [-0.39, 0.29) is 0 Å². The number of rotatable bonds is 6. The van der Waals surface area contributed by atoms with Crippen LogP contribution in [0, 0.1) is 22.9 Å². The van der Waals surface area contributed by atoms with Gasteiger partial charge >= 0.3 is 0 Å². The number of fused-ring (bicyclic) bond motifs is 3. The maximum atomic E-state index is 5.27. The predicted octanol–water partition coefficient (Wildman–Crippen LogP) is 11.1. The largest absolute Gasteiger partial charge is 0.243 e. The molecule has 1 aromatic heterocycles. The molecule has 4 aromatic rings. The Morgan fingerprint density at radius 3 is 1.02 bits per heavy atom. The Kier molecular flexibility index (Phi) is 9.41. The average molecular weight is 591 g/mol. The fourth-order valence-electron chi connectivity index (χ4n) is 7.98. The molecule has 0 saturated heterocycles. The summed E-state index contributed by atoms with van der Waals surface area (Å²) in [6.07, 6.45) is 0. The molecule has 0 unspecified atom stereocenters. The van der Waals surface area contributed by atoms with Crippen LogP contribution in [0.4, 0.5) is 0 Å². The fourth-order valence-corrected chi connectivity index (χ4v) is 18.4. The molecule has 3 aromatic carbocycles. The van der Waals surface area contributed by atoms with Gasteiger partial charge in [0, 0.05) is 10.8 Å². The zero-order chi connectivity index (χ0) is 31.0. The molecule has 0 bridgehead atoms. The van der Waals surface area contributed by atoms with E-state index in [0.29, 0.717) is 33.2 Å². The molecular formula is C38H50N2Si2. The topological polar surface area (TPSA) is 25.8 Å². The van der Waals surface area contributed by atoms with Crippen molar-refractivity contribution in [1.82, 2.24) is 9.97 Å². The summed E-state index contributed by atoms with van der Waals surface area (Å²) < 4.78 is 0. The molecule has 0 fully saturated rings. The van der Waals surface area contributed by atoms with Crippen LogP contribution in [0.5, 0.6) is 0 Å². The van der Waals surface area contributed by atoms with E-state index >= 15 is 0 Å². The van der Waals surface area contributed by atoms with Crippen LogP contribution < -0.4 is 0 Å². The highest BCUT2D eigenvalue weighted by Gasteiger charge is 2.42. The summed E-state index contributed by atoms with van der Waals surface area (Å²) in [7, 11) is -3.92. The van der Waals surface area contributed by atoms with Crippen molar-refractivity contribution in [3.05, 3.63) is 59.7 Å². The lowest BCUT2D eigenvalue weighted by molar-refractivity contribution is 0.838. The second-order valence-electron chi connectivity index (χ2n) is 14.0. The quantitative estimate of drug-likeness (QED) is 0.127. The van der Waals surface area contributed by atoms with Gasteiger partial charge in [-0.05, 0) is 45.4 Å². The molecule has 0 amide bonds. The number of para-hydroxylation sites is 2. The predicted molar refractivity (Wildman–Crippen MR) is 190 cm³/mol. The number of hydrogen-bond donors (Lipinski definition) is 0. The highest BCUT2D eigenvalue weighted by Crippen LogP contribution is 2.42. The molecule has 0 N–H and O–H groups in total. The lowest BCUT2D eigenvalue weighted by atomic mass is 9.97. The zero-order valence-corrected chi connectivity index (χ0v) is 30.0. The first-order chi connectivity index (χ1) is 19.8. The van der Waals surface area contributed by atoms with Crippen LogP contribution >= 0.6 is 0 Å². The molecule has 0 aliphatic rings. The Bertz CT molecular complexity index is 1550. The Morgan fingerprint density at radius 1 is 0.452 bits per heavy atom. The van der Waals surface area contributed by atoms with E-state index in [4.69, 9.17) is 9.97 Å². The SMILES string of the molecule is CC(C)[Si](C#Cc1c2ccccc2c(C#C[Si](C(C)C)(C(C)C)C(C)C)c2nc3ccccc3nc12)(C(C)C)C(C)C. The van der Waals surface area contributed by atoms with Crippen molar-refractivity contribution in [3.63, 3.8) is 0 Å². The van der Waals surface area contributed by atoms with E-state index in [1.807, 2.05) is 12.1 Å². The van der Waals surface area contributed by atoms with Gasteiger partial charge in [0.1, 0.15) is 27.2 Å². The Labute approximate surface area is 257 Å². The van der Waals surface area contributed by atoms with Crippen molar-refractivity contribution in [2.75, 3.05) is 0 Å². The molecule has 220 valence electrons. The molecule has 0 atom stereocenters. The van der Waals surface area contributed by atoms with E-state index in [1.165, 1.54) is 0 Å². The minimum Gasteiger partial charge on any atom is -0.243 e. The zero-order valence-electron chi connectivity index (χ0n) is 28.0. The van der Waals surface area contributed by atoms with Gasteiger partial charge < -0.3 is 0 Å². The lowest BCUT2D eigenvalue weighted by Crippen LogP contribution is -2.43. The normalized spacial score (nSPS) is 12.7. The minimum atomic E-state index is -1.96. The van der Waals surface area contributed by atoms with Crippen molar-refractivity contribution in [3.8, 4) is 22.9 Å². The third-order valence-corrected chi connectivity index (χ3v) is 22.6. The van der Waals surface area contributed by atoms with E-state index in [2.05, 4.69) is 142 Å². The number of aromatic nitrogens is 2. The van der Waals surface area contributed by atoms with Crippen LogP contribution in [0.15, 0.2) is 48.5 Å². The first-order valence-electron chi connectivity index (χ1n) is 16.0. The van der Waals surface area contributed by atoms with Gasteiger partial charge in [0.2, 0.25) is 0 Å². The molecule has 4 rings (SSSR count). The van der Waals surface area contributed by atoms with Gasteiger partial charge in [-0.25, -0.2) is 9.97 Å². The van der Waals surface area contributed by atoms with Crippen molar-refractivity contribution >= 4 is 49.0 Å². The maximum absolute atomic E-state index is 5.27. The number of nitrogens with zero attached hydrogens (tertiary/aromatic N) is 2. The standard InChI is InChI=1S/C38H50N2Si2/c1-25(2)41(26(3)4,27(5)6)23-21-33-31-17-13-14-18-32(31)34(22-24-42(28(7)8,29(9)10)30(11)12)38-37(33)39-35-19-15-16-20-36(35)40-38/h13-20,25-30H,1-12H3. The van der Waals surface area contributed by atoms with Crippen molar-refractivity contribution in [2.24, 2.45) is 0 Å². The van der Waals surface area contributed by atoms with E-state index in [0.717, 1.165) is 44.0 Å². The molecule has 0 radical (unpaired) electrons. The third-order valence-electron chi connectivity index (χ3n) is 10.0. The van der Waals surface area contributed by atoms with Crippen LogP contribution in [0.25, 0.3) is 32.8 Å². The first-order valence-corrected chi connectivity index (χ1v) is 20.4. The van der Waals surface area contributed by atoms with Crippen molar-refractivity contribution in [1.29, 1.82) is 0 Å². The molecule has 2 nitrogen and oxygen atoms in total. The van der Waals surface area contributed by atoms with Gasteiger partial charge in [-0.1, -0.05) is 131 Å². The average Bonchev–Trinajstić information content (AvgIpc) is 2.92. The van der Waals surface area contributed by atoms with Gasteiger partial charge in [0.25, 0.3) is 0 Å². The van der Waals surface area contributed by atoms with Crippen LogP contribution in [0.2, 0.25) is 33.2 Å². The van der Waals surface area contributed by atoms with Gasteiger partial charge in [-0.3, -0.25) is 0 Å². The summed E-state index contributed by atoms with van der Waals surface area (Å²) in [5, 5.41) is 2.27. The minimum absolute atomic E-state index is 0.556. The van der Waals surface area contributed by atoms with Crippen LogP contribution in [0.3, 0.4) is 0 Å². The van der Waals surface area contributed by atoms with Crippen molar-refractivity contribution < 1.29 is 0 Å². The maximum Gasteiger partial charge on any atom is 0.146 e. The Morgan fingerprint density at radius 2 is 0.738 bits per heavy atom. The molecule has 42 heavy (non-hydrogen) atoms. The van der Waals surface area contributed by atoms with Gasteiger partial charge in [0.05, 0.1) is 22.2 Å². The highest BCUT2D eigenvalue weighted by molar-refractivity contribution is 6.91. The summed E-state index contributed by atoms with van der Waals surface area (Å²) in [6, 6.07) is 16.9. The summed E-state index contributed by atoms with van der Waals surface area (Å²) in [5.41, 5.74) is 16.9. The monoisotopic (exact) mass is 590 g/mol. The molecule has 0 saturated carbocycles. The highest BCUT2D eigenvalue weighted by atomic mass is 28.3. The van der Waals surface area contributed by atoms with Gasteiger partial charge in [-0.2, -0.15) is 0 Å². The summed E-state index contributed by atoms with van der Waals surface area (Å²) in [6.45, 7) is 28.5. The number of benzene rings is 3. The molecule has 0 aliphatic heterocycles. The molecule has 0 spiro atoms.